The number of amidine groups is 1. The number of hydrogen-bond donors (Lipinski definition) is 1. The van der Waals surface area contributed by atoms with Gasteiger partial charge < -0.3 is 9.64 Å². The van der Waals surface area contributed by atoms with E-state index in [0.717, 1.165) is 75.7 Å². The van der Waals surface area contributed by atoms with Gasteiger partial charge in [-0.25, -0.2) is 5.43 Å². The van der Waals surface area contributed by atoms with Crippen LogP contribution in [0.5, 0.6) is 0 Å². The SMILES string of the molecule is CCN(CC1CCC(C(=O)OC)CC1)c1cc2c(cc1CN=C1C=C[N+](C)(Cc3cc(C#N)cc(C(F)(F)F)c3)N1)CCC2. The summed E-state index contributed by atoms with van der Waals surface area (Å²) >= 11 is 0. The van der Waals surface area contributed by atoms with Crippen LogP contribution in [0.3, 0.4) is 0 Å². The van der Waals surface area contributed by atoms with Crippen LogP contribution in [0.4, 0.5) is 18.9 Å². The Kier molecular flexibility index (Phi) is 9.35. The maximum absolute atomic E-state index is 13.4. The number of methoxy groups -OCH3 is 1. The summed E-state index contributed by atoms with van der Waals surface area (Å²) in [5.74, 6) is 1.09. The Labute approximate surface area is 257 Å². The molecule has 1 aliphatic heterocycles. The van der Waals surface area contributed by atoms with Gasteiger partial charge in [0.2, 0.25) is 0 Å². The molecule has 0 spiro atoms. The second kappa shape index (κ2) is 13.0. The minimum Gasteiger partial charge on any atom is -0.469 e. The van der Waals surface area contributed by atoms with Crippen LogP contribution in [0.25, 0.3) is 0 Å². The largest absolute Gasteiger partial charge is 0.469 e. The second-order valence-corrected chi connectivity index (χ2v) is 12.5. The molecule has 2 aromatic carbocycles. The number of nitrogens with zero attached hydrogens (tertiary/aromatic N) is 4. The van der Waals surface area contributed by atoms with Crippen molar-refractivity contribution in [3.05, 3.63) is 76.0 Å². The molecule has 0 aromatic heterocycles. The molecular formula is C34H41F3N5O2+. The second-order valence-electron chi connectivity index (χ2n) is 12.5. The minimum atomic E-state index is -4.52. The highest BCUT2D eigenvalue weighted by Crippen LogP contribution is 2.35. The number of benzene rings is 2. The first-order chi connectivity index (χ1) is 21.0. The number of alkyl halides is 3. The predicted octanol–water partition coefficient (Wildman–Crippen LogP) is 6.45. The zero-order valence-electron chi connectivity index (χ0n) is 25.7. The number of fused-ring (bicyclic) bond motifs is 1. The van der Waals surface area contributed by atoms with Crippen molar-refractivity contribution in [2.75, 3.05) is 32.1 Å². The van der Waals surface area contributed by atoms with E-state index in [0.29, 0.717) is 23.9 Å². The molecule has 1 saturated carbocycles. The molecule has 44 heavy (non-hydrogen) atoms. The lowest BCUT2D eigenvalue weighted by atomic mass is 9.81. The zero-order chi connectivity index (χ0) is 31.5. The number of nitriles is 1. The van der Waals surface area contributed by atoms with Gasteiger partial charge in [0.05, 0.1) is 43.8 Å². The van der Waals surface area contributed by atoms with Crippen LogP contribution in [-0.4, -0.2) is 43.6 Å². The van der Waals surface area contributed by atoms with Crippen molar-refractivity contribution in [2.45, 2.75) is 71.1 Å². The van der Waals surface area contributed by atoms with E-state index < -0.39 is 11.7 Å². The van der Waals surface area contributed by atoms with Crippen molar-refractivity contribution < 1.29 is 27.3 Å². The van der Waals surface area contributed by atoms with Gasteiger partial charge in [0.15, 0.2) is 5.84 Å². The number of carbonyl (C=O) groups excluding carboxylic acids is 1. The Bertz CT molecular complexity index is 1490. The van der Waals surface area contributed by atoms with Gasteiger partial charge >= 0.3 is 12.1 Å². The Morgan fingerprint density at radius 3 is 2.52 bits per heavy atom. The molecule has 5 rings (SSSR count). The van der Waals surface area contributed by atoms with E-state index >= 15 is 0 Å². The van der Waals surface area contributed by atoms with E-state index in [1.807, 2.05) is 25.4 Å². The molecule has 0 saturated heterocycles. The average molecular weight is 609 g/mol. The van der Waals surface area contributed by atoms with Crippen LogP contribution in [-0.2, 0) is 41.6 Å². The molecule has 0 bridgehead atoms. The molecule has 0 radical (unpaired) electrons. The van der Waals surface area contributed by atoms with Crippen LogP contribution in [0, 0.1) is 23.2 Å². The lowest BCUT2D eigenvalue weighted by Crippen LogP contribution is -2.48. The Balaban J connectivity index is 1.30. The summed E-state index contributed by atoms with van der Waals surface area (Å²) in [6.45, 7) is 4.68. The van der Waals surface area contributed by atoms with E-state index in [1.165, 1.54) is 30.0 Å². The Hall–Kier alpha value is -3.84. The standard InChI is InChI=1S/C34H41F3N5O2/c1-4-41(21-23-8-10-26(11-9-23)33(43)44-3)31-18-28-7-5-6-27(28)17-29(31)20-39-32-12-13-42(2,40-32)22-25-14-24(19-38)15-30(16-25)34(35,36)37/h12-18,23,26H,4-11,20-22H2,1-3H3,(H,39,40)/q+1. The van der Waals surface area contributed by atoms with Crippen LogP contribution < -0.4 is 10.3 Å². The smallest absolute Gasteiger partial charge is 0.416 e. The van der Waals surface area contributed by atoms with Gasteiger partial charge in [0, 0.05) is 30.4 Å². The highest BCUT2D eigenvalue weighted by molar-refractivity contribution is 5.93. The highest BCUT2D eigenvalue weighted by atomic mass is 19.4. The molecule has 1 fully saturated rings. The van der Waals surface area contributed by atoms with E-state index in [4.69, 9.17) is 9.73 Å². The van der Waals surface area contributed by atoms with E-state index in [9.17, 15) is 23.2 Å². The quantitative estimate of drug-likeness (QED) is 0.262. The topological polar surface area (TPSA) is 77.7 Å². The molecule has 1 N–H and O–H groups in total. The summed E-state index contributed by atoms with van der Waals surface area (Å²) in [6.07, 6.45) is 6.27. The lowest BCUT2D eigenvalue weighted by Gasteiger charge is -2.34. The van der Waals surface area contributed by atoms with E-state index in [-0.39, 0.29) is 28.6 Å². The van der Waals surface area contributed by atoms with Crippen LogP contribution in [0.15, 0.2) is 47.6 Å². The Morgan fingerprint density at radius 1 is 1.14 bits per heavy atom. The van der Waals surface area contributed by atoms with Gasteiger partial charge in [-0.3, -0.25) is 9.79 Å². The number of carbonyl (C=O) groups is 1. The third-order valence-corrected chi connectivity index (χ3v) is 9.19. The third kappa shape index (κ3) is 7.27. The molecule has 2 aromatic rings. The maximum atomic E-state index is 13.4. The van der Waals surface area contributed by atoms with E-state index in [2.05, 4.69) is 29.4 Å². The number of hydrogen-bond acceptors (Lipinski definition) is 5. The number of aliphatic imine (C=N–C) groups is 1. The molecule has 7 nitrogen and oxygen atoms in total. The van der Waals surface area contributed by atoms with Gasteiger partial charge in [-0.05, 0) is 98.7 Å². The summed E-state index contributed by atoms with van der Waals surface area (Å²) in [6, 6.07) is 9.98. The molecular weight excluding hydrogens is 567 g/mol. The fourth-order valence-electron chi connectivity index (χ4n) is 6.85. The van der Waals surface area contributed by atoms with Gasteiger partial charge in [0.25, 0.3) is 0 Å². The van der Waals surface area contributed by atoms with Crippen LogP contribution >= 0.6 is 0 Å². The first-order valence-electron chi connectivity index (χ1n) is 15.5. The van der Waals surface area contributed by atoms with Crippen LogP contribution in [0.1, 0.15) is 72.4 Å². The number of nitrogens with one attached hydrogen (secondary N) is 1. The molecule has 2 aliphatic carbocycles. The first-order valence-corrected chi connectivity index (χ1v) is 15.5. The van der Waals surface area contributed by atoms with Crippen molar-refractivity contribution in [3.8, 4) is 6.07 Å². The van der Waals surface area contributed by atoms with Gasteiger partial charge in [-0.2, -0.15) is 23.0 Å². The fraction of sp³-hybridized carbons (Fsp3) is 0.500. The molecule has 1 heterocycles. The number of rotatable bonds is 9. The molecule has 3 aliphatic rings. The summed E-state index contributed by atoms with van der Waals surface area (Å²) < 4.78 is 45.4. The molecule has 1 unspecified atom stereocenters. The van der Waals surface area contributed by atoms with Gasteiger partial charge in [-0.1, -0.05) is 6.07 Å². The fourth-order valence-corrected chi connectivity index (χ4v) is 6.85. The monoisotopic (exact) mass is 608 g/mol. The molecule has 1 atom stereocenters. The van der Waals surface area contributed by atoms with Crippen molar-refractivity contribution >= 4 is 17.5 Å². The molecule has 234 valence electrons. The summed E-state index contributed by atoms with van der Waals surface area (Å²) in [4.78, 5) is 19.4. The normalized spacial score (nSPS) is 23.7. The molecule has 0 amide bonds. The third-order valence-electron chi connectivity index (χ3n) is 9.19. The van der Waals surface area contributed by atoms with Crippen molar-refractivity contribution in [2.24, 2.45) is 16.8 Å². The zero-order valence-corrected chi connectivity index (χ0v) is 25.7. The number of ether oxygens (including phenoxy) is 1. The number of aryl methyl sites for hydroxylation is 2. The van der Waals surface area contributed by atoms with Gasteiger partial charge in [-0.15, -0.1) is 0 Å². The lowest BCUT2D eigenvalue weighted by molar-refractivity contribution is -0.903. The summed E-state index contributed by atoms with van der Waals surface area (Å²) in [7, 11) is 3.32. The minimum absolute atomic E-state index is 0.00994. The summed E-state index contributed by atoms with van der Waals surface area (Å²) in [5.41, 5.74) is 8.08. The summed E-state index contributed by atoms with van der Waals surface area (Å²) in [5, 5.41) is 9.28. The number of esters is 1. The predicted molar refractivity (Wildman–Crippen MR) is 163 cm³/mol. The van der Waals surface area contributed by atoms with E-state index in [1.54, 1.807) is 0 Å². The van der Waals surface area contributed by atoms with Gasteiger partial charge in [0.1, 0.15) is 12.7 Å². The van der Waals surface area contributed by atoms with Crippen molar-refractivity contribution in [1.29, 1.82) is 5.26 Å². The van der Waals surface area contributed by atoms with Crippen LogP contribution in [0.2, 0.25) is 0 Å². The number of quaternary nitrogens is 1. The Morgan fingerprint density at radius 2 is 1.86 bits per heavy atom. The highest BCUT2D eigenvalue weighted by Gasteiger charge is 2.33. The molecule has 10 heteroatoms. The number of anilines is 1. The maximum Gasteiger partial charge on any atom is 0.416 e. The average Bonchev–Trinajstić information content (AvgIpc) is 3.63. The van der Waals surface area contributed by atoms with Crippen molar-refractivity contribution in [3.63, 3.8) is 0 Å². The van der Waals surface area contributed by atoms with Crippen molar-refractivity contribution in [1.82, 2.24) is 5.43 Å². The number of halogens is 3. The first kappa shape index (κ1) is 31.6.